The number of sulfonamides is 1. The van der Waals surface area contributed by atoms with Crippen LogP contribution >= 0.6 is 0 Å². The third kappa shape index (κ3) is 5.22. The van der Waals surface area contributed by atoms with Crippen molar-refractivity contribution in [3.8, 4) is 5.75 Å². The molecule has 1 aliphatic rings. The predicted octanol–water partition coefficient (Wildman–Crippen LogP) is 2.00. The summed E-state index contributed by atoms with van der Waals surface area (Å²) in [4.78, 5) is 16.9. The third-order valence-electron chi connectivity index (χ3n) is 5.48. The minimum atomic E-state index is -3.79. The van der Waals surface area contributed by atoms with Crippen LogP contribution in [0, 0.1) is 19.8 Å². The van der Waals surface area contributed by atoms with E-state index in [4.69, 9.17) is 9.26 Å². The van der Waals surface area contributed by atoms with Gasteiger partial charge in [0.05, 0.1) is 12.5 Å². The second kappa shape index (κ2) is 9.71. The van der Waals surface area contributed by atoms with Crippen molar-refractivity contribution in [2.24, 2.45) is 5.92 Å². The zero-order valence-electron chi connectivity index (χ0n) is 18.5. The van der Waals surface area contributed by atoms with Gasteiger partial charge in [-0.2, -0.15) is 9.40 Å². The number of nitrogens with zero attached hydrogens (tertiary/aromatic N) is 5. The van der Waals surface area contributed by atoms with Crippen LogP contribution < -0.4 is 10.1 Å². The number of hydrogen-bond donors (Lipinski definition) is 1. The van der Waals surface area contributed by atoms with Gasteiger partial charge in [-0.15, -0.1) is 0 Å². The van der Waals surface area contributed by atoms with E-state index in [1.807, 2.05) is 0 Å². The summed E-state index contributed by atoms with van der Waals surface area (Å²) in [5, 5.41) is 10.7. The maximum Gasteiger partial charge on any atom is 0.248 e. The Labute approximate surface area is 191 Å². The topological polar surface area (TPSA) is 132 Å². The summed E-state index contributed by atoms with van der Waals surface area (Å²) in [6, 6.07) is 7.09. The van der Waals surface area contributed by atoms with Gasteiger partial charge in [-0.25, -0.2) is 18.1 Å². The molecule has 4 rings (SSSR count). The van der Waals surface area contributed by atoms with Crippen LogP contribution in [0.3, 0.4) is 0 Å². The Morgan fingerprint density at radius 2 is 2.18 bits per heavy atom. The van der Waals surface area contributed by atoms with E-state index < -0.39 is 15.9 Å². The van der Waals surface area contributed by atoms with Crippen LogP contribution in [-0.4, -0.2) is 58.2 Å². The van der Waals surface area contributed by atoms with Crippen molar-refractivity contribution in [3.63, 3.8) is 0 Å². The summed E-state index contributed by atoms with van der Waals surface area (Å²) in [7, 11) is -3.79. The number of carbonyl (C=O) groups is 1. The minimum absolute atomic E-state index is 0.0827. The summed E-state index contributed by atoms with van der Waals surface area (Å²) in [5.74, 6) is 0.165. The smallest absolute Gasteiger partial charge is 0.248 e. The van der Waals surface area contributed by atoms with Crippen molar-refractivity contribution in [1.29, 1.82) is 0 Å². The van der Waals surface area contributed by atoms with Gasteiger partial charge in [0.2, 0.25) is 15.9 Å². The SMILES string of the molecule is Cc1noc(C)c1S(=O)(=O)N1CCCC(C(=O)Nc2cccc(OCCn3cncn3)c2)C1. The summed E-state index contributed by atoms with van der Waals surface area (Å²) < 4.78 is 40.0. The molecule has 176 valence electrons. The van der Waals surface area contributed by atoms with E-state index in [9.17, 15) is 13.2 Å². The van der Waals surface area contributed by atoms with Crippen LogP contribution in [0.1, 0.15) is 24.3 Å². The molecule has 3 aromatic rings. The fourth-order valence-corrected chi connectivity index (χ4v) is 5.67. The van der Waals surface area contributed by atoms with Crippen LogP contribution in [-0.2, 0) is 21.4 Å². The number of aryl methyl sites for hydroxylation is 2. The molecule has 1 atom stereocenters. The molecule has 12 heteroatoms. The fraction of sp³-hybridized carbons (Fsp3) is 0.429. The number of benzene rings is 1. The lowest BCUT2D eigenvalue weighted by Gasteiger charge is -2.31. The van der Waals surface area contributed by atoms with E-state index >= 15 is 0 Å². The van der Waals surface area contributed by atoms with E-state index in [0.717, 1.165) is 0 Å². The average Bonchev–Trinajstić information content (AvgIpc) is 3.43. The van der Waals surface area contributed by atoms with Gasteiger partial charge in [0, 0.05) is 24.8 Å². The number of carbonyl (C=O) groups excluding carboxylic acids is 1. The van der Waals surface area contributed by atoms with Crippen LogP contribution in [0.5, 0.6) is 5.75 Å². The van der Waals surface area contributed by atoms with E-state index in [0.29, 0.717) is 49.7 Å². The van der Waals surface area contributed by atoms with E-state index in [2.05, 4.69) is 20.6 Å². The van der Waals surface area contributed by atoms with Crippen molar-refractivity contribution in [1.82, 2.24) is 24.2 Å². The minimum Gasteiger partial charge on any atom is -0.492 e. The molecule has 1 fully saturated rings. The van der Waals surface area contributed by atoms with Gasteiger partial charge < -0.3 is 14.6 Å². The number of aromatic nitrogens is 4. The third-order valence-corrected chi connectivity index (χ3v) is 7.59. The van der Waals surface area contributed by atoms with Crippen molar-refractivity contribution in [2.45, 2.75) is 38.1 Å². The highest BCUT2D eigenvalue weighted by molar-refractivity contribution is 7.89. The highest BCUT2D eigenvalue weighted by atomic mass is 32.2. The van der Waals surface area contributed by atoms with Gasteiger partial charge >= 0.3 is 0 Å². The van der Waals surface area contributed by atoms with Gasteiger partial charge in [0.1, 0.15) is 35.6 Å². The predicted molar refractivity (Wildman–Crippen MR) is 118 cm³/mol. The Morgan fingerprint density at radius 3 is 2.91 bits per heavy atom. The van der Waals surface area contributed by atoms with Gasteiger partial charge in [0.25, 0.3) is 0 Å². The van der Waals surface area contributed by atoms with Crippen LogP contribution in [0.2, 0.25) is 0 Å². The number of ether oxygens (including phenoxy) is 1. The summed E-state index contributed by atoms with van der Waals surface area (Å²) in [6.07, 6.45) is 4.27. The Balaban J connectivity index is 1.37. The van der Waals surface area contributed by atoms with E-state index in [1.54, 1.807) is 49.1 Å². The van der Waals surface area contributed by atoms with Crippen molar-refractivity contribution >= 4 is 21.6 Å². The first-order chi connectivity index (χ1) is 15.8. The number of amides is 1. The van der Waals surface area contributed by atoms with Gasteiger partial charge in [0.15, 0.2) is 5.76 Å². The molecule has 0 bridgehead atoms. The lowest BCUT2D eigenvalue weighted by Crippen LogP contribution is -2.43. The molecule has 1 amide bonds. The van der Waals surface area contributed by atoms with Gasteiger partial charge in [-0.1, -0.05) is 11.2 Å². The summed E-state index contributed by atoms with van der Waals surface area (Å²) >= 11 is 0. The molecule has 1 N–H and O–H groups in total. The molecule has 0 saturated carbocycles. The van der Waals surface area contributed by atoms with Crippen molar-refractivity contribution in [2.75, 3.05) is 25.0 Å². The standard InChI is InChI=1S/C21H26N6O5S/c1-15-20(16(2)32-25-15)33(29,30)27-8-4-5-17(12-27)21(28)24-18-6-3-7-19(11-18)31-10-9-26-14-22-13-23-26/h3,6-7,11,13-14,17H,4-5,8-10,12H2,1-2H3,(H,24,28). The number of hydrogen-bond acceptors (Lipinski definition) is 8. The molecular formula is C21H26N6O5S. The number of rotatable bonds is 8. The molecule has 1 saturated heterocycles. The zero-order valence-corrected chi connectivity index (χ0v) is 19.3. The molecular weight excluding hydrogens is 448 g/mol. The van der Waals surface area contributed by atoms with Crippen LogP contribution in [0.4, 0.5) is 5.69 Å². The molecule has 1 aromatic carbocycles. The molecule has 0 aliphatic carbocycles. The quantitative estimate of drug-likeness (QED) is 0.524. The molecule has 0 radical (unpaired) electrons. The first-order valence-electron chi connectivity index (χ1n) is 10.6. The number of anilines is 1. The Kier molecular flexibility index (Phi) is 6.75. The van der Waals surface area contributed by atoms with Crippen LogP contribution in [0.25, 0.3) is 0 Å². The highest BCUT2D eigenvalue weighted by Gasteiger charge is 2.36. The largest absolute Gasteiger partial charge is 0.492 e. The first kappa shape index (κ1) is 22.9. The lowest BCUT2D eigenvalue weighted by atomic mass is 9.98. The summed E-state index contributed by atoms with van der Waals surface area (Å²) in [6.45, 7) is 4.57. The lowest BCUT2D eigenvalue weighted by molar-refractivity contribution is -0.120. The molecule has 0 spiro atoms. The zero-order chi connectivity index (χ0) is 23.4. The molecule has 11 nitrogen and oxygen atoms in total. The second-order valence-corrected chi connectivity index (χ2v) is 9.75. The number of piperidine rings is 1. The molecule has 3 heterocycles. The molecule has 1 aliphatic heterocycles. The van der Waals surface area contributed by atoms with E-state index in [-0.39, 0.29) is 23.1 Å². The van der Waals surface area contributed by atoms with Crippen molar-refractivity contribution in [3.05, 3.63) is 48.4 Å². The normalized spacial score (nSPS) is 17.1. The average molecular weight is 475 g/mol. The molecule has 2 aromatic heterocycles. The maximum atomic E-state index is 13.1. The van der Waals surface area contributed by atoms with Gasteiger partial charge in [-0.3, -0.25) is 4.79 Å². The Hall–Kier alpha value is -3.25. The number of nitrogens with one attached hydrogen (secondary N) is 1. The Morgan fingerprint density at radius 1 is 1.33 bits per heavy atom. The summed E-state index contributed by atoms with van der Waals surface area (Å²) in [5.41, 5.74) is 0.906. The first-order valence-corrected chi connectivity index (χ1v) is 12.1. The van der Waals surface area contributed by atoms with Gasteiger partial charge in [-0.05, 0) is 38.8 Å². The monoisotopic (exact) mass is 474 g/mol. The Bertz CT molecular complexity index is 1190. The second-order valence-electron chi connectivity index (χ2n) is 7.88. The molecule has 1 unspecified atom stereocenters. The fourth-order valence-electron chi connectivity index (χ4n) is 3.86. The highest BCUT2D eigenvalue weighted by Crippen LogP contribution is 2.28. The van der Waals surface area contributed by atoms with Crippen molar-refractivity contribution < 1.29 is 22.5 Å². The van der Waals surface area contributed by atoms with E-state index in [1.165, 1.54) is 10.6 Å². The van der Waals surface area contributed by atoms with Crippen LogP contribution in [0.15, 0.2) is 46.3 Å². The molecule has 33 heavy (non-hydrogen) atoms. The maximum absolute atomic E-state index is 13.1.